The quantitative estimate of drug-likeness (QED) is 0.630. The number of benzene rings is 1. The van der Waals surface area contributed by atoms with Gasteiger partial charge in [-0.2, -0.15) is 0 Å². The first-order valence-electron chi connectivity index (χ1n) is 5.85. The molecule has 0 saturated heterocycles. The van der Waals surface area contributed by atoms with Gasteiger partial charge >= 0.3 is 109 Å². The zero-order chi connectivity index (χ0) is 13.6. The molecule has 5 nitrogen and oxygen atoms in total. The van der Waals surface area contributed by atoms with Crippen molar-refractivity contribution in [1.29, 1.82) is 0 Å². The van der Waals surface area contributed by atoms with Gasteiger partial charge in [0.05, 0.1) is 0 Å². The van der Waals surface area contributed by atoms with Crippen LogP contribution < -0.4 is 9.67 Å². The summed E-state index contributed by atoms with van der Waals surface area (Å²) in [5.41, 5.74) is 0.898. The first-order valence-corrected chi connectivity index (χ1v) is 9.23. The summed E-state index contributed by atoms with van der Waals surface area (Å²) in [4.78, 5) is 11.4. The maximum absolute atomic E-state index is 11.4. The molecule has 0 heterocycles. The van der Waals surface area contributed by atoms with Crippen LogP contribution >= 0.6 is 0 Å². The molecule has 18 heavy (non-hydrogen) atoms. The third kappa shape index (κ3) is 5.08. The molecular weight excluding hydrogens is 297 g/mol. The van der Waals surface area contributed by atoms with E-state index in [1.165, 1.54) is 12.1 Å². The number of aryl methyl sites for hydroxylation is 1. The van der Waals surface area contributed by atoms with E-state index < -0.39 is 14.2 Å². The molecule has 0 aromatic heterocycles. The van der Waals surface area contributed by atoms with Crippen LogP contribution in [-0.2, 0) is 15.0 Å². The monoisotopic (exact) mass is 315 g/mol. The number of amides is 1. The van der Waals surface area contributed by atoms with E-state index in [0.29, 0.717) is 19.4 Å². The van der Waals surface area contributed by atoms with Gasteiger partial charge in [-0.3, -0.25) is 0 Å². The van der Waals surface area contributed by atoms with Crippen LogP contribution in [0.2, 0.25) is 0 Å². The fraction of sp³-hybridized carbons (Fsp3) is 0.417. The van der Waals surface area contributed by atoms with Crippen molar-refractivity contribution in [1.82, 2.24) is 5.32 Å². The normalized spacial score (nSPS) is 11.3. The van der Waals surface area contributed by atoms with Crippen LogP contribution in [0.5, 0.6) is 0 Å². The van der Waals surface area contributed by atoms with E-state index >= 15 is 0 Å². The minimum absolute atomic E-state index is 0.0000149. The van der Waals surface area contributed by atoms with Crippen molar-refractivity contribution in [3.05, 3.63) is 29.8 Å². The Morgan fingerprint density at radius 1 is 1.28 bits per heavy atom. The van der Waals surface area contributed by atoms with Crippen LogP contribution in [0.3, 0.4) is 0 Å². The Bertz CT molecular complexity index is 438. The molecule has 6 heteroatoms. The van der Waals surface area contributed by atoms with E-state index in [4.69, 9.17) is 8.19 Å². The van der Waals surface area contributed by atoms with Crippen LogP contribution in [0, 0.1) is 0 Å². The van der Waals surface area contributed by atoms with E-state index in [-0.39, 0.29) is 10.3 Å². The molecule has 0 spiro atoms. The van der Waals surface area contributed by atoms with Crippen LogP contribution in [0.4, 0.5) is 0 Å². The zero-order valence-electron chi connectivity index (χ0n) is 10.3. The Balaban J connectivity index is 2.49. The zero-order valence-corrected chi connectivity index (χ0v) is 12.2. The van der Waals surface area contributed by atoms with E-state index in [1.807, 2.05) is 6.92 Å². The van der Waals surface area contributed by atoms with Gasteiger partial charge in [-0.25, -0.2) is 0 Å². The maximum atomic E-state index is 11.4. The van der Waals surface area contributed by atoms with E-state index in [0.717, 1.165) is 12.0 Å². The Morgan fingerprint density at radius 3 is 2.39 bits per heavy atom. The van der Waals surface area contributed by atoms with Crippen molar-refractivity contribution < 1.29 is 16.7 Å². The first-order chi connectivity index (χ1) is 8.43. The van der Waals surface area contributed by atoms with E-state index in [2.05, 4.69) is 5.32 Å². The molecule has 0 atom stereocenters. The molecule has 0 aliphatic carbocycles. The molecule has 1 aromatic rings. The average molecular weight is 315 g/mol. The third-order valence-electron chi connectivity index (χ3n) is 2.49. The predicted molar refractivity (Wildman–Crippen MR) is 68.6 cm³/mol. The summed E-state index contributed by atoms with van der Waals surface area (Å²) in [6.45, 7) is 2.67. The molecule has 0 fully saturated rings. The van der Waals surface area contributed by atoms with Crippen molar-refractivity contribution in [2.24, 2.45) is 0 Å². The molecule has 1 amide bonds. The fourth-order valence-corrected chi connectivity index (χ4v) is 2.60. The second kappa shape index (κ2) is 6.78. The molecule has 1 rings (SSSR count). The van der Waals surface area contributed by atoms with Crippen LogP contribution in [0.25, 0.3) is 0 Å². The first kappa shape index (κ1) is 15.0. The van der Waals surface area contributed by atoms with Gasteiger partial charge < -0.3 is 0 Å². The summed E-state index contributed by atoms with van der Waals surface area (Å²) in [7, 11) is 0. The summed E-state index contributed by atoms with van der Waals surface area (Å²) < 4.78 is 29.1. The molecule has 0 radical (unpaired) electrons. The van der Waals surface area contributed by atoms with Gasteiger partial charge in [-0.15, -0.1) is 0 Å². The van der Waals surface area contributed by atoms with Crippen LogP contribution in [0.15, 0.2) is 24.3 Å². The fourth-order valence-electron chi connectivity index (χ4n) is 1.47. The van der Waals surface area contributed by atoms with Gasteiger partial charge in [0.25, 0.3) is 0 Å². The van der Waals surface area contributed by atoms with Gasteiger partial charge in [0.1, 0.15) is 0 Å². The summed E-state index contributed by atoms with van der Waals surface area (Å²) in [6, 6.07) is 6.17. The average Bonchev–Trinajstić information content (AvgIpc) is 2.33. The van der Waals surface area contributed by atoms with Gasteiger partial charge in [0.2, 0.25) is 0 Å². The van der Waals surface area contributed by atoms with Gasteiger partial charge in [0, 0.05) is 0 Å². The van der Waals surface area contributed by atoms with E-state index in [1.54, 1.807) is 12.1 Å². The van der Waals surface area contributed by atoms with Gasteiger partial charge in [-0.1, -0.05) is 0 Å². The molecule has 0 unspecified atom stereocenters. The molecule has 1 aromatic carbocycles. The summed E-state index contributed by atoms with van der Waals surface area (Å²) in [5, 5.41) is 2.78. The molecule has 3 N–H and O–H groups in total. The summed E-state index contributed by atoms with van der Waals surface area (Å²) in [5.74, 6) is 0.0000149. The summed E-state index contributed by atoms with van der Waals surface area (Å²) in [6.07, 6.45) is 1.87. The second-order valence-corrected chi connectivity index (χ2v) is 7.43. The van der Waals surface area contributed by atoms with Crippen molar-refractivity contribution in [2.45, 2.75) is 26.2 Å². The van der Waals surface area contributed by atoms with Crippen molar-refractivity contribution in [2.75, 3.05) is 6.54 Å². The van der Waals surface area contributed by atoms with Crippen LogP contribution in [-0.4, -0.2) is 34.8 Å². The topological polar surface area (TPSA) is 86.6 Å². The van der Waals surface area contributed by atoms with Gasteiger partial charge in [-0.05, 0) is 0 Å². The Kier molecular flexibility index (Phi) is 5.66. The van der Waals surface area contributed by atoms with Gasteiger partial charge in [0.15, 0.2) is 0 Å². The van der Waals surface area contributed by atoms with Crippen molar-refractivity contribution in [3.8, 4) is 0 Å². The number of nitrogens with one attached hydrogen (secondary N) is 1. The molecule has 0 saturated carbocycles. The number of carbonyl (C=O) groups excluding carboxylic acids is 1. The molecule has 0 aliphatic rings. The standard InChI is InChI=1S/C12H18AsNO4/c1-2-9-14-12(15)8-5-10-3-6-11(7-4-10)13(16,17)18/h3-4,6-7H,2,5,8-9H2,1H3,(H,14,15)(H2,16,17,18). The minimum atomic E-state index is -4.78. The number of rotatable bonds is 6. The molecule has 0 aliphatic heterocycles. The molecule has 100 valence electrons. The number of carbonyl (C=O) groups is 1. The van der Waals surface area contributed by atoms with Crippen LogP contribution in [0.1, 0.15) is 25.3 Å². The molecular formula is C12H18AsNO4. The SMILES string of the molecule is CCCNC(=O)CCc1ccc([As](=O)(O)O)cc1. The van der Waals surface area contributed by atoms with Crippen molar-refractivity contribution in [3.63, 3.8) is 0 Å². The Hall–Kier alpha value is -1.03. The van der Waals surface area contributed by atoms with Crippen molar-refractivity contribution >= 4 is 24.4 Å². The molecule has 0 bridgehead atoms. The summed E-state index contributed by atoms with van der Waals surface area (Å²) >= 11 is -4.78. The van der Waals surface area contributed by atoms with E-state index in [9.17, 15) is 8.53 Å². The predicted octanol–water partition coefficient (Wildman–Crippen LogP) is -0.294. The Labute approximate surface area is 109 Å². The number of hydrogen-bond donors (Lipinski definition) is 3. The number of hydrogen-bond acceptors (Lipinski definition) is 2. The Morgan fingerprint density at radius 2 is 1.89 bits per heavy atom. The second-order valence-electron chi connectivity index (χ2n) is 4.06. The third-order valence-corrected chi connectivity index (χ3v) is 4.52.